The van der Waals surface area contributed by atoms with Gasteiger partial charge >= 0.3 is 5.97 Å². The van der Waals surface area contributed by atoms with E-state index in [-0.39, 0.29) is 25.4 Å². The Bertz CT molecular complexity index is 1010. The number of benzene rings is 2. The predicted molar refractivity (Wildman–Crippen MR) is 129 cm³/mol. The maximum absolute atomic E-state index is 10.5. The lowest BCUT2D eigenvalue weighted by Crippen LogP contribution is -2.38. The molecule has 1 heterocycles. The average molecular weight is 450 g/mol. The number of hydrogen-bond acceptors (Lipinski definition) is 6. The SMILES string of the molecule is CC(C)N(C[C@H](C)OCCOCC(=O)O)c1cnc(-c2ccccc2)c(-c2ccccc2)n1. The Morgan fingerprint density at radius 2 is 1.55 bits per heavy atom. The van der Waals surface area contributed by atoms with Crippen LogP contribution in [0.3, 0.4) is 0 Å². The summed E-state index contributed by atoms with van der Waals surface area (Å²) in [5, 5.41) is 8.64. The number of aliphatic carboxylic acids is 1. The first-order valence-electron chi connectivity index (χ1n) is 11.1. The largest absolute Gasteiger partial charge is 0.480 e. The van der Waals surface area contributed by atoms with Crippen molar-refractivity contribution in [3.63, 3.8) is 0 Å². The molecule has 0 aliphatic rings. The van der Waals surface area contributed by atoms with Crippen LogP contribution in [0.4, 0.5) is 5.82 Å². The fourth-order valence-electron chi connectivity index (χ4n) is 3.49. The molecule has 2 aromatic carbocycles. The summed E-state index contributed by atoms with van der Waals surface area (Å²) in [5.41, 5.74) is 3.70. The van der Waals surface area contributed by atoms with Crippen molar-refractivity contribution in [2.75, 3.05) is 31.3 Å². The molecule has 0 spiro atoms. The van der Waals surface area contributed by atoms with Gasteiger partial charge in [-0.3, -0.25) is 4.98 Å². The van der Waals surface area contributed by atoms with Crippen molar-refractivity contribution in [2.45, 2.75) is 32.9 Å². The van der Waals surface area contributed by atoms with Crippen LogP contribution in [0.25, 0.3) is 22.5 Å². The van der Waals surface area contributed by atoms with E-state index in [1.54, 1.807) is 0 Å². The van der Waals surface area contributed by atoms with E-state index in [1.807, 2.05) is 73.8 Å². The predicted octanol–water partition coefficient (Wildman–Crippen LogP) is 4.53. The van der Waals surface area contributed by atoms with Crippen molar-refractivity contribution in [2.24, 2.45) is 0 Å². The summed E-state index contributed by atoms with van der Waals surface area (Å²) in [6.45, 7) is 7.06. The third kappa shape index (κ3) is 7.10. The zero-order valence-electron chi connectivity index (χ0n) is 19.3. The second-order valence-corrected chi connectivity index (χ2v) is 8.03. The number of rotatable bonds is 12. The van der Waals surface area contributed by atoms with Crippen LogP contribution in [0.1, 0.15) is 20.8 Å². The molecule has 3 aromatic rings. The lowest BCUT2D eigenvalue weighted by atomic mass is 10.0. The minimum Gasteiger partial charge on any atom is -0.480 e. The van der Waals surface area contributed by atoms with Crippen LogP contribution in [0.2, 0.25) is 0 Å². The third-order valence-corrected chi connectivity index (χ3v) is 5.08. The Hall–Kier alpha value is -3.29. The van der Waals surface area contributed by atoms with Gasteiger partial charge in [-0.05, 0) is 20.8 Å². The standard InChI is InChI=1S/C26H31N3O4/c1-19(2)29(17-20(3)33-15-14-32-18-24(30)31)23-16-27-25(21-10-6-4-7-11-21)26(28-23)22-12-8-5-9-13-22/h4-13,16,19-20H,14-15,17-18H2,1-3H3,(H,30,31)/t20-/m0/s1. The number of anilines is 1. The number of carboxylic acid groups (broad SMARTS) is 1. The molecular weight excluding hydrogens is 418 g/mol. The van der Waals surface area contributed by atoms with Crippen LogP contribution in [0, 0.1) is 0 Å². The fraction of sp³-hybridized carbons (Fsp3) is 0.346. The first kappa shape index (κ1) is 24.4. The molecule has 0 aliphatic heterocycles. The van der Waals surface area contributed by atoms with Gasteiger partial charge in [0, 0.05) is 23.7 Å². The molecule has 0 saturated carbocycles. The molecular formula is C26H31N3O4. The first-order chi connectivity index (χ1) is 16.0. The van der Waals surface area contributed by atoms with Crippen molar-refractivity contribution in [3.05, 3.63) is 66.9 Å². The van der Waals surface area contributed by atoms with Gasteiger partial charge in [-0.25, -0.2) is 9.78 Å². The van der Waals surface area contributed by atoms with E-state index < -0.39 is 5.97 Å². The van der Waals surface area contributed by atoms with Crippen molar-refractivity contribution in [3.8, 4) is 22.5 Å². The van der Waals surface area contributed by atoms with E-state index in [4.69, 9.17) is 24.5 Å². The van der Waals surface area contributed by atoms with Gasteiger partial charge in [-0.15, -0.1) is 0 Å². The average Bonchev–Trinajstić information content (AvgIpc) is 2.82. The van der Waals surface area contributed by atoms with Gasteiger partial charge in [-0.2, -0.15) is 0 Å². The summed E-state index contributed by atoms with van der Waals surface area (Å²) in [6, 6.07) is 20.3. The van der Waals surface area contributed by atoms with E-state index in [9.17, 15) is 4.79 Å². The maximum atomic E-state index is 10.5. The highest BCUT2D eigenvalue weighted by Gasteiger charge is 2.19. The number of carboxylic acids is 1. The van der Waals surface area contributed by atoms with Crippen LogP contribution >= 0.6 is 0 Å². The number of carbonyl (C=O) groups is 1. The Kier molecular flexibility index (Phi) is 8.92. The smallest absolute Gasteiger partial charge is 0.329 e. The highest BCUT2D eigenvalue weighted by atomic mass is 16.5. The summed E-state index contributed by atoms with van der Waals surface area (Å²) in [6.07, 6.45) is 1.72. The maximum Gasteiger partial charge on any atom is 0.329 e. The van der Waals surface area contributed by atoms with Gasteiger partial charge in [-0.1, -0.05) is 60.7 Å². The molecule has 0 radical (unpaired) electrons. The van der Waals surface area contributed by atoms with Crippen molar-refractivity contribution < 1.29 is 19.4 Å². The summed E-state index contributed by atoms with van der Waals surface area (Å²) in [7, 11) is 0. The zero-order valence-corrected chi connectivity index (χ0v) is 19.3. The second-order valence-electron chi connectivity index (χ2n) is 8.03. The number of aromatic nitrogens is 2. The van der Waals surface area contributed by atoms with E-state index in [0.29, 0.717) is 13.2 Å². The molecule has 174 valence electrons. The van der Waals surface area contributed by atoms with Crippen molar-refractivity contribution >= 4 is 11.8 Å². The molecule has 7 heteroatoms. The molecule has 0 unspecified atom stereocenters. The Labute approximate surface area is 195 Å². The molecule has 33 heavy (non-hydrogen) atoms. The Morgan fingerprint density at radius 3 is 2.12 bits per heavy atom. The summed E-state index contributed by atoms with van der Waals surface area (Å²) in [5.74, 6) is -0.207. The van der Waals surface area contributed by atoms with Crippen LogP contribution in [-0.2, 0) is 14.3 Å². The van der Waals surface area contributed by atoms with Gasteiger partial charge in [0.1, 0.15) is 12.4 Å². The Balaban J connectivity index is 1.81. The molecule has 0 fully saturated rings. The minimum absolute atomic E-state index is 0.100. The van der Waals surface area contributed by atoms with E-state index in [2.05, 4.69) is 18.7 Å². The summed E-state index contributed by atoms with van der Waals surface area (Å²) < 4.78 is 10.9. The lowest BCUT2D eigenvalue weighted by Gasteiger charge is -2.31. The van der Waals surface area contributed by atoms with Gasteiger partial charge in [0.2, 0.25) is 0 Å². The first-order valence-corrected chi connectivity index (χ1v) is 11.1. The zero-order chi connectivity index (χ0) is 23.6. The van der Waals surface area contributed by atoms with Crippen LogP contribution < -0.4 is 4.90 Å². The minimum atomic E-state index is -0.985. The van der Waals surface area contributed by atoms with Gasteiger partial charge < -0.3 is 19.5 Å². The number of hydrogen-bond donors (Lipinski definition) is 1. The highest BCUT2D eigenvalue weighted by molar-refractivity contribution is 5.78. The van der Waals surface area contributed by atoms with Crippen molar-refractivity contribution in [1.82, 2.24) is 9.97 Å². The number of nitrogens with zero attached hydrogens (tertiary/aromatic N) is 3. The van der Waals surface area contributed by atoms with Crippen molar-refractivity contribution in [1.29, 1.82) is 0 Å². The molecule has 0 aliphatic carbocycles. The van der Waals surface area contributed by atoms with E-state index in [0.717, 1.165) is 28.3 Å². The van der Waals surface area contributed by atoms with E-state index in [1.165, 1.54) is 0 Å². The van der Waals surface area contributed by atoms with Gasteiger partial charge in [0.15, 0.2) is 0 Å². The van der Waals surface area contributed by atoms with Crippen LogP contribution in [0.5, 0.6) is 0 Å². The second kappa shape index (κ2) is 12.1. The quantitative estimate of drug-likeness (QED) is 0.407. The molecule has 0 bridgehead atoms. The summed E-state index contributed by atoms with van der Waals surface area (Å²) in [4.78, 5) is 22.6. The Morgan fingerprint density at radius 1 is 0.939 bits per heavy atom. The normalized spacial score (nSPS) is 12.0. The number of ether oxygens (including phenoxy) is 2. The third-order valence-electron chi connectivity index (χ3n) is 5.08. The topological polar surface area (TPSA) is 84.8 Å². The van der Waals surface area contributed by atoms with E-state index >= 15 is 0 Å². The molecule has 1 N–H and O–H groups in total. The highest BCUT2D eigenvalue weighted by Crippen LogP contribution is 2.31. The van der Waals surface area contributed by atoms with Crippen LogP contribution in [-0.4, -0.2) is 59.6 Å². The van der Waals surface area contributed by atoms with Gasteiger partial charge in [0.05, 0.1) is 36.9 Å². The molecule has 0 saturated heterocycles. The fourth-order valence-corrected chi connectivity index (χ4v) is 3.49. The van der Waals surface area contributed by atoms with Crippen LogP contribution in [0.15, 0.2) is 66.9 Å². The summed E-state index contributed by atoms with van der Waals surface area (Å²) >= 11 is 0. The molecule has 7 nitrogen and oxygen atoms in total. The van der Waals surface area contributed by atoms with Gasteiger partial charge in [0.25, 0.3) is 0 Å². The molecule has 1 aromatic heterocycles. The molecule has 1 atom stereocenters. The monoisotopic (exact) mass is 449 g/mol. The lowest BCUT2D eigenvalue weighted by molar-refractivity contribution is -0.142. The molecule has 3 rings (SSSR count). The molecule has 0 amide bonds.